The lowest BCUT2D eigenvalue weighted by Gasteiger charge is -2.13. The average Bonchev–Trinajstić information content (AvgIpc) is 3.24. The molecule has 1 aliphatic carbocycles. The number of nitrogens with one attached hydrogen (secondary N) is 1. The highest BCUT2D eigenvalue weighted by atomic mass is 16.4. The standard InChI is InChI=1S/C15H14N2O3/c1-9-4-5-11(10-3-2-8-16-12(9)10)17-13(18)15(6-7-15)14(19)20/h2-5,8H,6-7H2,1H3,(H,17,18)(H,19,20). The smallest absolute Gasteiger partial charge is 0.319 e. The van der Waals surface area contributed by atoms with Crippen LogP contribution >= 0.6 is 0 Å². The van der Waals surface area contributed by atoms with Gasteiger partial charge in [-0.15, -0.1) is 0 Å². The number of nitrogens with zero attached hydrogens (tertiary/aromatic N) is 1. The van der Waals surface area contributed by atoms with Gasteiger partial charge in [0, 0.05) is 11.6 Å². The Bertz CT molecular complexity index is 720. The SMILES string of the molecule is Cc1ccc(NC(=O)C2(C(=O)O)CC2)c2cccnc12. The van der Waals surface area contributed by atoms with Crippen molar-refractivity contribution in [3.63, 3.8) is 0 Å². The lowest BCUT2D eigenvalue weighted by atomic mass is 10.1. The van der Waals surface area contributed by atoms with Crippen LogP contribution in [-0.2, 0) is 9.59 Å². The summed E-state index contributed by atoms with van der Waals surface area (Å²) >= 11 is 0. The van der Waals surface area contributed by atoms with E-state index in [2.05, 4.69) is 10.3 Å². The van der Waals surface area contributed by atoms with Gasteiger partial charge in [0.1, 0.15) is 5.41 Å². The Morgan fingerprint density at radius 2 is 2.05 bits per heavy atom. The van der Waals surface area contributed by atoms with Crippen molar-refractivity contribution in [3.05, 3.63) is 36.0 Å². The molecule has 1 aromatic carbocycles. The summed E-state index contributed by atoms with van der Waals surface area (Å²) in [6.07, 6.45) is 2.49. The van der Waals surface area contributed by atoms with Crippen LogP contribution in [0.15, 0.2) is 30.5 Å². The van der Waals surface area contributed by atoms with Crippen LogP contribution in [0.3, 0.4) is 0 Å². The molecular formula is C15H14N2O3. The minimum Gasteiger partial charge on any atom is -0.480 e. The van der Waals surface area contributed by atoms with Crippen molar-refractivity contribution in [1.82, 2.24) is 4.98 Å². The van der Waals surface area contributed by atoms with E-state index in [0.717, 1.165) is 16.5 Å². The number of fused-ring (bicyclic) bond motifs is 1. The second-order valence-electron chi connectivity index (χ2n) is 5.17. The second-order valence-corrected chi connectivity index (χ2v) is 5.17. The highest BCUT2D eigenvalue weighted by Gasteiger charge is 2.57. The molecule has 0 radical (unpaired) electrons. The monoisotopic (exact) mass is 270 g/mol. The fourth-order valence-corrected chi connectivity index (χ4v) is 2.33. The molecule has 1 amide bonds. The van der Waals surface area contributed by atoms with Gasteiger partial charge in [-0.1, -0.05) is 6.07 Å². The highest BCUT2D eigenvalue weighted by Crippen LogP contribution is 2.47. The molecule has 102 valence electrons. The highest BCUT2D eigenvalue weighted by molar-refractivity contribution is 6.13. The number of benzene rings is 1. The molecule has 0 saturated heterocycles. The van der Waals surface area contributed by atoms with E-state index in [0.29, 0.717) is 18.5 Å². The number of aliphatic carboxylic acids is 1. The summed E-state index contributed by atoms with van der Waals surface area (Å²) in [5.74, 6) is -1.50. The summed E-state index contributed by atoms with van der Waals surface area (Å²) in [5.41, 5.74) is 1.19. The summed E-state index contributed by atoms with van der Waals surface area (Å²) in [6.45, 7) is 1.95. The summed E-state index contributed by atoms with van der Waals surface area (Å²) < 4.78 is 0. The fraction of sp³-hybridized carbons (Fsp3) is 0.267. The predicted molar refractivity (Wildman–Crippen MR) is 74.4 cm³/mol. The number of aryl methyl sites for hydroxylation is 1. The first kappa shape index (κ1) is 12.6. The van der Waals surface area contributed by atoms with E-state index in [1.165, 1.54) is 0 Å². The van der Waals surface area contributed by atoms with Crippen LogP contribution in [0.25, 0.3) is 10.9 Å². The number of rotatable bonds is 3. The number of carbonyl (C=O) groups excluding carboxylic acids is 1. The number of hydrogen-bond acceptors (Lipinski definition) is 3. The number of aromatic nitrogens is 1. The number of hydrogen-bond donors (Lipinski definition) is 2. The maximum Gasteiger partial charge on any atom is 0.319 e. The number of amides is 1. The number of carboxylic acids is 1. The van der Waals surface area contributed by atoms with Gasteiger partial charge in [0.2, 0.25) is 5.91 Å². The van der Waals surface area contributed by atoms with Crippen LogP contribution in [0.4, 0.5) is 5.69 Å². The van der Waals surface area contributed by atoms with Crippen LogP contribution in [-0.4, -0.2) is 22.0 Å². The van der Waals surface area contributed by atoms with E-state index >= 15 is 0 Å². The van der Waals surface area contributed by atoms with Crippen LogP contribution in [0.1, 0.15) is 18.4 Å². The molecule has 3 rings (SSSR count). The Kier molecular flexibility index (Phi) is 2.71. The normalized spacial score (nSPS) is 15.8. The zero-order chi connectivity index (χ0) is 14.3. The molecule has 0 unspecified atom stereocenters. The fourth-order valence-electron chi connectivity index (χ4n) is 2.33. The summed E-state index contributed by atoms with van der Waals surface area (Å²) in [7, 11) is 0. The van der Waals surface area contributed by atoms with Crippen molar-refractivity contribution in [2.45, 2.75) is 19.8 Å². The first-order valence-corrected chi connectivity index (χ1v) is 6.44. The van der Waals surface area contributed by atoms with Crippen molar-refractivity contribution < 1.29 is 14.7 Å². The lowest BCUT2D eigenvalue weighted by molar-refractivity contribution is -0.147. The number of carbonyl (C=O) groups is 2. The third-order valence-corrected chi connectivity index (χ3v) is 3.81. The van der Waals surface area contributed by atoms with Crippen LogP contribution in [0.5, 0.6) is 0 Å². The Morgan fingerprint density at radius 1 is 1.30 bits per heavy atom. The number of pyridine rings is 1. The largest absolute Gasteiger partial charge is 0.480 e. The Morgan fingerprint density at radius 3 is 2.70 bits per heavy atom. The van der Waals surface area contributed by atoms with E-state index in [1.807, 2.05) is 19.1 Å². The molecule has 1 heterocycles. The molecular weight excluding hydrogens is 256 g/mol. The van der Waals surface area contributed by atoms with E-state index in [4.69, 9.17) is 5.11 Å². The molecule has 2 N–H and O–H groups in total. The molecule has 0 atom stereocenters. The number of carboxylic acid groups (broad SMARTS) is 1. The molecule has 1 saturated carbocycles. The van der Waals surface area contributed by atoms with E-state index in [1.54, 1.807) is 18.3 Å². The van der Waals surface area contributed by atoms with Crippen molar-refractivity contribution in [3.8, 4) is 0 Å². The summed E-state index contributed by atoms with van der Waals surface area (Å²) in [6, 6.07) is 7.31. The molecule has 1 fully saturated rings. The van der Waals surface area contributed by atoms with Crippen LogP contribution in [0, 0.1) is 12.3 Å². The van der Waals surface area contributed by atoms with Crippen molar-refractivity contribution in [2.24, 2.45) is 5.41 Å². The molecule has 5 nitrogen and oxygen atoms in total. The minimum atomic E-state index is -1.24. The molecule has 1 aromatic heterocycles. The molecule has 2 aromatic rings. The van der Waals surface area contributed by atoms with Gasteiger partial charge in [-0.3, -0.25) is 14.6 Å². The lowest BCUT2D eigenvalue weighted by Crippen LogP contribution is -2.31. The van der Waals surface area contributed by atoms with Crippen LogP contribution in [0.2, 0.25) is 0 Å². The first-order chi connectivity index (χ1) is 9.54. The van der Waals surface area contributed by atoms with Gasteiger partial charge in [0.25, 0.3) is 0 Å². The molecule has 1 aliphatic rings. The van der Waals surface area contributed by atoms with Crippen molar-refractivity contribution in [1.29, 1.82) is 0 Å². The van der Waals surface area contributed by atoms with Gasteiger partial charge < -0.3 is 10.4 Å². The first-order valence-electron chi connectivity index (χ1n) is 6.44. The molecule has 0 bridgehead atoms. The van der Waals surface area contributed by atoms with Gasteiger partial charge in [-0.05, 0) is 43.5 Å². The number of anilines is 1. The van der Waals surface area contributed by atoms with E-state index < -0.39 is 17.3 Å². The molecule has 20 heavy (non-hydrogen) atoms. The Labute approximate surface area is 115 Å². The van der Waals surface area contributed by atoms with Gasteiger partial charge >= 0.3 is 5.97 Å². The van der Waals surface area contributed by atoms with E-state index in [-0.39, 0.29) is 0 Å². The topological polar surface area (TPSA) is 79.3 Å². The summed E-state index contributed by atoms with van der Waals surface area (Å²) in [4.78, 5) is 27.6. The average molecular weight is 270 g/mol. The third kappa shape index (κ3) is 1.82. The van der Waals surface area contributed by atoms with Gasteiger partial charge in [-0.2, -0.15) is 0 Å². The Hall–Kier alpha value is -2.43. The molecule has 5 heteroatoms. The van der Waals surface area contributed by atoms with Crippen molar-refractivity contribution >= 4 is 28.5 Å². The zero-order valence-electron chi connectivity index (χ0n) is 11.0. The molecule has 0 spiro atoms. The maximum absolute atomic E-state index is 12.2. The van der Waals surface area contributed by atoms with E-state index in [9.17, 15) is 9.59 Å². The molecule has 0 aliphatic heterocycles. The van der Waals surface area contributed by atoms with Gasteiger partial charge in [0.05, 0.1) is 11.2 Å². The van der Waals surface area contributed by atoms with Crippen molar-refractivity contribution in [2.75, 3.05) is 5.32 Å². The quantitative estimate of drug-likeness (QED) is 0.839. The zero-order valence-corrected chi connectivity index (χ0v) is 11.0. The predicted octanol–water partition coefficient (Wildman–Crippen LogP) is 2.35. The van der Waals surface area contributed by atoms with Gasteiger partial charge in [-0.25, -0.2) is 0 Å². The second kappa shape index (κ2) is 4.30. The van der Waals surface area contributed by atoms with Gasteiger partial charge in [0.15, 0.2) is 0 Å². The van der Waals surface area contributed by atoms with Crippen LogP contribution < -0.4 is 5.32 Å². The minimum absolute atomic E-state index is 0.399. The maximum atomic E-state index is 12.2. The third-order valence-electron chi connectivity index (χ3n) is 3.81. The summed E-state index contributed by atoms with van der Waals surface area (Å²) in [5, 5.41) is 12.7. The Balaban J connectivity index is 1.98.